The van der Waals surface area contributed by atoms with E-state index in [0.717, 1.165) is 0 Å². The summed E-state index contributed by atoms with van der Waals surface area (Å²) in [4.78, 5) is 10.2. The molecule has 3 heteroatoms. The van der Waals surface area contributed by atoms with Crippen LogP contribution in [0.15, 0.2) is 36.0 Å². The normalized spacial score (nSPS) is 14.4. The van der Waals surface area contributed by atoms with Crippen molar-refractivity contribution in [2.45, 2.75) is 0 Å². The topological polar surface area (TPSA) is 37.3 Å². The zero-order valence-corrected chi connectivity index (χ0v) is 6.35. The molecule has 0 fully saturated rings. The van der Waals surface area contributed by atoms with Gasteiger partial charge in [0.05, 0.1) is 5.57 Å². The summed E-state index contributed by atoms with van der Waals surface area (Å²) in [6, 6.07) is 0. The third-order valence-corrected chi connectivity index (χ3v) is 1.14. The van der Waals surface area contributed by atoms with Gasteiger partial charge in [0, 0.05) is 17.1 Å². The number of hydrogen-bond donors (Lipinski definition) is 1. The number of allylic oxidation sites excluding steroid dienone is 3. The van der Waals surface area contributed by atoms with Crippen LogP contribution in [0.2, 0.25) is 0 Å². The average molecular weight is 177 g/mol. The van der Waals surface area contributed by atoms with Gasteiger partial charge in [0.2, 0.25) is 0 Å². The Morgan fingerprint density at radius 1 is 1.60 bits per heavy atom. The number of rotatable bonds is 1. The van der Waals surface area contributed by atoms with E-state index in [9.17, 15) is 4.79 Å². The minimum absolute atomic E-state index is 0. The maximum absolute atomic E-state index is 10.2. The molecule has 53 valence electrons. The van der Waals surface area contributed by atoms with Gasteiger partial charge in [0.1, 0.15) is 0 Å². The Balaban J connectivity index is 0.000000810. The van der Waals surface area contributed by atoms with E-state index in [0.29, 0.717) is 5.57 Å². The zero-order valence-electron chi connectivity index (χ0n) is 5.17. The quantitative estimate of drug-likeness (QED) is 0.609. The smallest absolute Gasteiger partial charge is 0.336 e. The molecule has 0 heterocycles. The second-order valence-corrected chi connectivity index (χ2v) is 1.77. The molecular weight excluding hydrogens is 171 g/mol. The van der Waals surface area contributed by atoms with Crippen LogP contribution in [-0.2, 0) is 21.9 Å². The third-order valence-electron chi connectivity index (χ3n) is 1.14. The Hall–Kier alpha value is -0.791. The second-order valence-electron chi connectivity index (χ2n) is 1.77. The molecular formula is C7H6MnO2. The molecule has 0 amide bonds. The molecule has 0 aromatic carbocycles. The summed E-state index contributed by atoms with van der Waals surface area (Å²) in [5, 5.41) is 8.41. The molecule has 0 saturated carbocycles. The molecule has 0 bridgehead atoms. The fraction of sp³-hybridized carbons (Fsp3) is 0. The van der Waals surface area contributed by atoms with Crippen LogP contribution < -0.4 is 0 Å². The molecule has 0 spiro atoms. The van der Waals surface area contributed by atoms with Gasteiger partial charge < -0.3 is 5.11 Å². The van der Waals surface area contributed by atoms with Crippen molar-refractivity contribution in [1.29, 1.82) is 0 Å². The maximum Gasteiger partial charge on any atom is 0.336 e. The molecule has 0 aromatic rings. The molecule has 0 aliphatic heterocycles. The SMILES string of the molecule is C=C1C=CC=C1C(=O)O.[Mn]. The van der Waals surface area contributed by atoms with Crippen LogP contribution in [0.3, 0.4) is 0 Å². The molecule has 0 aromatic heterocycles. The number of hydrogen-bond acceptors (Lipinski definition) is 1. The van der Waals surface area contributed by atoms with Crippen molar-refractivity contribution < 1.29 is 27.0 Å². The minimum atomic E-state index is -0.912. The Labute approximate surface area is 69.4 Å². The molecule has 0 saturated heterocycles. The summed E-state index contributed by atoms with van der Waals surface area (Å²) in [7, 11) is 0. The number of carboxylic acid groups (broad SMARTS) is 1. The fourth-order valence-corrected chi connectivity index (χ4v) is 0.666. The standard InChI is InChI=1S/C7H6O2.Mn/c1-5-3-2-4-6(5)7(8)9;/h2-4H,1H2,(H,8,9);. The van der Waals surface area contributed by atoms with Crippen LogP contribution in [0, 0.1) is 0 Å². The van der Waals surface area contributed by atoms with Crippen LogP contribution in [0.4, 0.5) is 0 Å². The van der Waals surface area contributed by atoms with E-state index < -0.39 is 5.97 Å². The van der Waals surface area contributed by atoms with Crippen molar-refractivity contribution in [1.82, 2.24) is 0 Å². The van der Waals surface area contributed by atoms with Crippen LogP contribution in [0.25, 0.3) is 0 Å². The van der Waals surface area contributed by atoms with Crippen molar-refractivity contribution >= 4 is 5.97 Å². The van der Waals surface area contributed by atoms with Gasteiger partial charge in [-0.05, 0) is 11.6 Å². The first-order valence-corrected chi connectivity index (χ1v) is 2.53. The number of carbonyl (C=O) groups is 1. The van der Waals surface area contributed by atoms with Gasteiger partial charge in [-0.15, -0.1) is 0 Å². The monoisotopic (exact) mass is 177 g/mol. The van der Waals surface area contributed by atoms with E-state index in [1.54, 1.807) is 12.2 Å². The van der Waals surface area contributed by atoms with E-state index >= 15 is 0 Å². The van der Waals surface area contributed by atoms with E-state index in [2.05, 4.69) is 6.58 Å². The van der Waals surface area contributed by atoms with E-state index in [-0.39, 0.29) is 22.6 Å². The van der Waals surface area contributed by atoms with E-state index in [1.807, 2.05) is 0 Å². The number of carboxylic acids is 1. The van der Waals surface area contributed by atoms with E-state index in [1.165, 1.54) is 6.08 Å². The van der Waals surface area contributed by atoms with E-state index in [4.69, 9.17) is 5.11 Å². The Kier molecular flexibility index (Phi) is 3.13. The Bertz CT molecular complexity index is 226. The van der Waals surface area contributed by atoms with Crippen molar-refractivity contribution in [3.05, 3.63) is 36.0 Å². The molecule has 0 unspecified atom stereocenters. The first-order chi connectivity index (χ1) is 4.22. The summed E-state index contributed by atoms with van der Waals surface area (Å²) in [6.07, 6.45) is 4.87. The molecule has 1 aliphatic carbocycles. The summed E-state index contributed by atoms with van der Waals surface area (Å²) >= 11 is 0. The van der Waals surface area contributed by atoms with Gasteiger partial charge in [-0.3, -0.25) is 0 Å². The van der Waals surface area contributed by atoms with Crippen molar-refractivity contribution in [3.8, 4) is 0 Å². The van der Waals surface area contributed by atoms with Gasteiger partial charge >= 0.3 is 5.97 Å². The Morgan fingerprint density at radius 2 is 2.20 bits per heavy atom. The van der Waals surface area contributed by atoms with Crippen LogP contribution >= 0.6 is 0 Å². The predicted molar refractivity (Wildman–Crippen MR) is 34.0 cm³/mol. The molecule has 1 radical (unpaired) electrons. The summed E-state index contributed by atoms with van der Waals surface area (Å²) in [5.74, 6) is -0.912. The van der Waals surface area contributed by atoms with Crippen LogP contribution in [-0.4, -0.2) is 11.1 Å². The Morgan fingerprint density at radius 3 is 2.40 bits per heavy atom. The summed E-state index contributed by atoms with van der Waals surface area (Å²) in [5.41, 5.74) is 0.859. The van der Waals surface area contributed by atoms with Gasteiger partial charge in [0.15, 0.2) is 0 Å². The molecule has 1 rings (SSSR count). The molecule has 0 atom stereocenters. The maximum atomic E-state index is 10.2. The summed E-state index contributed by atoms with van der Waals surface area (Å²) in [6.45, 7) is 3.52. The molecule has 10 heavy (non-hydrogen) atoms. The zero-order chi connectivity index (χ0) is 6.85. The van der Waals surface area contributed by atoms with Crippen molar-refractivity contribution in [2.24, 2.45) is 0 Å². The molecule has 1 N–H and O–H groups in total. The van der Waals surface area contributed by atoms with Gasteiger partial charge in [0.25, 0.3) is 0 Å². The van der Waals surface area contributed by atoms with Gasteiger partial charge in [-0.25, -0.2) is 4.79 Å². The first kappa shape index (κ1) is 9.21. The van der Waals surface area contributed by atoms with Crippen LogP contribution in [0.1, 0.15) is 0 Å². The van der Waals surface area contributed by atoms with Crippen molar-refractivity contribution in [2.75, 3.05) is 0 Å². The van der Waals surface area contributed by atoms with Crippen molar-refractivity contribution in [3.63, 3.8) is 0 Å². The minimum Gasteiger partial charge on any atom is -0.478 e. The molecule has 2 nitrogen and oxygen atoms in total. The van der Waals surface area contributed by atoms with Gasteiger partial charge in [-0.1, -0.05) is 18.7 Å². The second kappa shape index (κ2) is 3.40. The average Bonchev–Trinajstić information content (AvgIpc) is 2.13. The fourth-order valence-electron chi connectivity index (χ4n) is 0.666. The molecule has 1 aliphatic rings. The van der Waals surface area contributed by atoms with Gasteiger partial charge in [-0.2, -0.15) is 0 Å². The largest absolute Gasteiger partial charge is 0.478 e. The van der Waals surface area contributed by atoms with Crippen LogP contribution in [0.5, 0.6) is 0 Å². The predicted octanol–water partition coefficient (Wildman–Crippen LogP) is 1.12. The first-order valence-electron chi connectivity index (χ1n) is 2.53. The summed E-state index contributed by atoms with van der Waals surface area (Å²) < 4.78 is 0. The number of aliphatic carboxylic acids is 1. The third kappa shape index (κ3) is 1.59.